The predicted molar refractivity (Wildman–Crippen MR) is 237 cm³/mol. The number of hydrogen-bond acceptors (Lipinski definition) is 10. The number of methoxy groups -OCH3 is 3. The van der Waals surface area contributed by atoms with Crippen LogP contribution in [-0.4, -0.2) is 106 Å². The van der Waals surface area contributed by atoms with Crippen LogP contribution in [0.4, 0.5) is 9.59 Å². The van der Waals surface area contributed by atoms with Crippen molar-refractivity contribution in [2.75, 3.05) is 34.5 Å². The fourth-order valence-corrected chi connectivity index (χ4v) is 9.60. The molecule has 7 unspecified atom stereocenters. The van der Waals surface area contributed by atoms with Gasteiger partial charge in [0.2, 0.25) is 11.8 Å². The summed E-state index contributed by atoms with van der Waals surface area (Å²) >= 11 is 0. The highest BCUT2D eigenvalue weighted by molar-refractivity contribution is 6.07. The fourth-order valence-electron chi connectivity index (χ4n) is 9.60. The number of carbonyl (C=O) groups is 4. The minimum Gasteiger partial charge on any atom is -0.488 e. The smallest absolute Gasteiger partial charge is 0.407 e. The third-order valence-electron chi connectivity index (χ3n) is 13.2. The van der Waals surface area contributed by atoms with Crippen LogP contribution in [0.1, 0.15) is 89.6 Å². The quantitative estimate of drug-likeness (QED) is 0.0982. The number of nitrogens with one attached hydrogen (secondary N) is 4. The lowest BCUT2D eigenvalue weighted by Gasteiger charge is -2.33. The van der Waals surface area contributed by atoms with E-state index in [0.29, 0.717) is 37.8 Å². The molecule has 0 aliphatic carbocycles. The summed E-state index contributed by atoms with van der Waals surface area (Å²) in [5, 5.41) is 7.44. The Morgan fingerprint density at radius 1 is 0.889 bits per heavy atom. The molecule has 3 aromatic carbocycles. The van der Waals surface area contributed by atoms with E-state index < -0.39 is 24.3 Å². The maximum atomic E-state index is 14.1. The molecule has 3 aliphatic heterocycles. The maximum absolute atomic E-state index is 14.1. The van der Waals surface area contributed by atoms with Gasteiger partial charge in [0.25, 0.3) is 0 Å². The summed E-state index contributed by atoms with van der Waals surface area (Å²) in [5.41, 5.74) is 6.51. The van der Waals surface area contributed by atoms with Gasteiger partial charge in [0.05, 0.1) is 55.8 Å². The van der Waals surface area contributed by atoms with Crippen molar-refractivity contribution in [3.05, 3.63) is 65.9 Å². The Morgan fingerprint density at radius 2 is 1.65 bits per heavy atom. The van der Waals surface area contributed by atoms with Crippen LogP contribution in [-0.2, 0) is 30.4 Å². The van der Waals surface area contributed by atoms with E-state index in [4.69, 9.17) is 28.9 Å². The Bertz CT molecular complexity index is 2530. The molecule has 16 nitrogen and oxygen atoms in total. The molecule has 16 heteroatoms. The number of nitrogens with zero attached hydrogens (tertiary/aromatic N) is 4. The van der Waals surface area contributed by atoms with Gasteiger partial charge in [-0.2, -0.15) is 0 Å². The van der Waals surface area contributed by atoms with Gasteiger partial charge >= 0.3 is 12.2 Å². The largest absolute Gasteiger partial charge is 0.488 e. The molecule has 3 aliphatic rings. The molecule has 5 heterocycles. The SMILES string of the molecule is CCC(C)C(NC(=O)OC)C(=O)N1C(C)CCC1c1ncc(-c2ccc3c(c2)COc2cc4c(ccc5[nH]c(C6CC(COC)CN6C(=O)C(NC(=O)OC)C(C)C)nc54)cc2-3)[nH]1. The number of carbonyl (C=O) groups excluding carboxylic acids is 4. The van der Waals surface area contributed by atoms with Gasteiger partial charge in [-0.25, -0.2) is 19.6 Å². The number of aromatic nitrogens is 4. The number of rotatable bonds is 12. The lowest BCUT2D eigenvalue weighted by molar-refractivity contribution is -0.137. The van der Waals surface area contributed by atoms with Crippen molar-refractivity contribution in [1.82, 2.24) is 40.4 Å². The number of aromatic amines is 2. The first-order chi connectivity index (χ1) is 30.3. The van der Waals surface area contributed by atoms with E-state index in [2.05, 4.69) is 57.0 Å². The number of imidazole rings is 2. The molecule has 2 aromatic heterocycles. The van der Waals surface area contributed by atoms with Crippen molar-refractivity contribution in [3.8, 4) is 28.1 Å². The standard InChI is InChI=1S/C47H58N8O8/c1-9-25(4)40(53-47(59)62-8)45(57)55-26(5)10-15-36(55)42-48-20-35(50-42)29-11-13-31-30(17-29)23-63-38-19-32-28(18-33(31)38)12-14-34-41(32)51-43(49-34)37-16-27(22-60-6)21-54(37)44(56)39(24(2)3)52-46(58)61-7/h11-14,17-20,24-27,36-37,39-40H,9-10,15-16,21-23H2,1-8H3,(H,48,50)(H,49,51)(H,52,58)(H,53,59). The van der Waals surface area contributed by atoms with Crippen LogP contribution in [0.2, 0.25) is 0 Å². The van der Waals surface area contributed by atoms with Gasteiger partial charge in [0, 0.05) is 36.6 Å². The Kier molecular flexibility index (Phi) is 12.4. The Hall–Kier alpha value is -6.16. The van der Waals surface area contributed by atoms with E-state index in [0.717, 1.165) is 74.8 Å². The summed E-state index contributed by atoms with van der Waals surface area (Å²) in [4.78, 5) is 73.2. The molecule has 4 amide bonds. The summed E-state index contributed by atoms with van der Waals surface area (Å²) in [6.07, 6.45) is 3.49. The van der Waals surface area contributed by atoms with Gasteiger partial charge in [-0.05, 0) is 84.4 Å². The van der Waals surface area contributed by atoms with Crippen LogP contribution in [0.25, 0.3) is 44.2 Å². The zero-order valence-corrected chi connectivity index (χ0v) is 37.2. The van der Waals surface area contributed by atoms with Gasteiger partial charge < -0.3 is 49.3 Å². The van der Waals surface area contributed by atoms with E-state index in [-0.39, 0.29) is 47.7 Å². The maximum Gasteiger partial charge on any atom is 0.407 e. The van der Waals surface area contributed by atoms with Crippen LogP contribution in [0.15, 0.2) is 48.7 Å². The Morgan fingerprint density at radius 3 is 2.37 bits per heavy atom. The third kappa shape index (κ3) is 8.28. The zero-order chi connectivity index (χ0) is 44.7. The zero-order valence-electron chi connectivity index (χ0n) is 37.2. The first-order valence-corrected chi connectivity index (χ1v) is 21.9. The summed E-state index contributed by atoms with van der Waals surface area (Å²) in [6.45, 7) is 11.1. The second-order valence-corrected chi connectivity index (χ2v) is 17.6. The molecule has 4 N–H and O–H groups in total. The minimum atomic E-state index is -0.762. The third-order valence-corrected chi connectivity index (χ3v) is 13.2. The first kappa shape index (κ1) is 43.5. The Labute approximate surface area is 366 Å². The topological polar surface area (TPSA) is 193 Å². The van der Waals surface area contributed by atoms with E-state index in [1.807, 2.05) is 56.7 Å². The lowest BCUT2D eigenvalue weighted by atomic mass is 9.92. The lowest BCUT2D eigenvalue weighted by Crippen LogP contribution is -2.53. The van der Waals surface area contributed by atoms with E-state index in [1.165, 1.54) is 14.2 Å². The number of fused-ring (bicyclic) bond motifs is 6. The number of benzene rings is 3. The number of H-pyrrole nitrogens is 2. The van der Waals surface area contributed by atoms with E-state index >= 15 is 0 Å². The summed E-state index contributed by atoms with van der Waals surface area (Å²) < 4.78 is 21.6. The molecule has 5 aromatic rings. The molecule has 2 fully saturated rings. The van der Waals surface area contributed by atoms with Gasteiger partial charge in [0.15, 0.2) is 0 Å². The molecule has 2 saturated heterocycles. The van der Waals surface area contributed by atoms with Crippen molar-refractivity contribution < 1.29 is 38.1 Å². The van der Waals surface area contributed by atoms with Gasteiger partial charge in [0.1, 0.15) is 36.1 Å². The predicted octanol–water partition coefficient (Wildman–Crippen LogP) is 7.40. The second kappa shape index (κ2) is 17.9. The molecule has 0 spiro atoms. The molecule has 0 saturated carbocycles. The van der Waals surface area contributed by atoms with Crippen LogP contribution in [0.5, 0.6) is 5.75 Å². The van der Waals surface area contributed by atoms with Crippen molar-refractivity contribution in [3.63, 3.8) is 0 Å². The average Bonchev–Trinajstić information content (AvgIpc) is 4.11. The molecule has 8 rings (SSSR count). The molecule has 0 bridgehead atoms. The monoisotopic (exact) mass is 862 g/mol. The second-order valence-electron chi connectivity index (χ2n) is 17.6. The van der Waals surface area contributed by atoms with Crippen molar-refractivity contribution in [2.45, 2.75) is 97.1 Å². The van der Waals surface area contributed by atoms with E-state index in [9.17, 15) is 19.2 Å². The Balaban J connectivity index is 1.05. The number of amides is 4. The molecular weight excluding hydrogens is 805 g/mol. The molecule has 0 radical (unpaired) electrons. The van der Waals surface area contributed by atoms with Gasteiger partial charge in [-0.3, -0.25) is 9.59 Å². The highest BCUT2D eigenvalue weighted by atomic mass is 16.5. The van der Waals surface area contributed by atoms with Crippen LogP contribution >= 0.6 is 0 Å². The number of alkyl carbamates (subject to hydrolysis) is 2. The van der Waals surface area contributed by atoms with Crippen LogP contribution < -0.4 is 15.4 Å². The molecule has 334 valence electrons. The molecule has 7 atom stereocenters. The number of hydrogen-bond donors (Lipinski definition) is 4. The fraction of sp³-hybridized carbons (Fsp3) is 0.489. The van der Waals surface area contributed by atoms with Gasteiger partial charge in [-0.1, -0.05) is 52.3 Å². The normalized spacial score (nSPS) is 20.8. The molecular formula is C47H58N8O8. The average molecular weight is 863 g/mol. The first-order valence-electron chi connectivity index (χ1n) is 21.9. The van der Waals surface area contributed by atoms with Crippen molar-refractivity contribution in [2.24, 2.45) is 17.8 Å². The summed E-state index contributed by atoms with van der Waals surface area (Å²) in [7, 11) is 4.25. The summed E-state index contributed by atoms with van der Waals surface area (Å²) in [5.74, 6) is 1.67. The minimum absolute atomic E-state index is 0.0201. The van der Waals surface area contributed by atoms with Crippen molar-refractivity contribution in [1.29, 1.82) is 0 Å². The number of likely N-dealkylation sites (tertiary alicyclic amines) is 2. The highest BCUT2D eigenvalue weighted by Crippen LogP contribution is 2.44. The molecule has 63 heavy (non-hydrogen) atoms. The van der Waals surface area contributed by atoms with Crippen LogP contribution in [0, 0.1) is 17.8 Å². The number of ether oxygens (including phenoxy) is 4. The van der Waals surface area contributed by atoms with Crippen LogP contribution in [0.3, 0.4) is 0 Å². The van der Waals surface area contributed by atoms with E-state index in [1.54, 1.807) is 7.11 Å². The highest BCUT2D eigenvalue weighted by Gasteiger charge is 2.43. The van der Waals surface area contributed by atoms with Crippen molar-refractivity contribution >= 4 is 45.8 Å². The summed E-state index contributed by atoms with van der Waals surface area (Å²) in [6, 6.07) is 12.5. The van der Waals surface area contributed by atoms with Gasteiger partial charge in [-0.15, -0.1) is 0 Å².